The highest BCUT2D eigenvalue weighted by Gasteiger charge is 2.01. The van der Waals surface area contributed by atoms with Crippen LogP contribution in [0, 0.1) is 11.8 Å². The van der Waals surface area contributed by atoms with Crippen molar-refractivity contribution in [3.8, 4) is 0 Å². The van der Waals surface area contributed by atoms with Gasteiger partial charge in [-0.25, -0.2) is 0 Å². The topological polar surface area (TPSA) is 0 Å². The zero-order valence-corrected chi connectivity index (χ0v) is 10.3. The molecule has 0 nitrogen and oxygen atoms in total. The van der Waals surface area contributed by atoms with Gasteiger partial charge in [0.2, 0.25) is 0 Å². The van der Waals surface area contributed by atoms with Gasteiger partial charge in [-0.05, 0) is 25.2 Å². The standard InChI is InChI=1S/C14H26/c1-6-13(4)10-11-14(5)9-7-8-12(2)3/h6,10,12,14H,1,7-9,11H2,2-5H3/b13-10-. The van der Waals surface area contributed by atoms with Crippen LogP contribution in [0.3, 0.4) is 0 Å². The molecule has 0 heterocycles. The molecule has 0 saturated carbocycles. The van der Waals surface area contributed by atoms with Crippen molar-refractivity contribution in [2.45, 2.75) is 53.4 Å². The molecule has 0 aliphatic heterocycles. The van der Waals surface area contributed by atoms with E-state index in [4.69, 9.17) is 0 Å². The number of rotatable bonds is 7. The molecule has 0 amide bonds. The lowest BCUT2D eigenvalue weighted by molar-refractivity contribution is 0.460. The van der Waals surface area contributed by atoms with E-state index in [-0.39, 0.29) is 0 Å². The van der Waals surface area contributed by atoms with E-state index in [1.165, 1.54) is 31.3 Å². The molecule has 0 bridgehead atoms. The summed E-state index contributed by atoms with van der Waals surface area (Å²) < 4.78 is 0. The van der Waals surface area contributed by atoms with E-state index in [0.29, 0.717) is 0 Å². The minimum Gasteiger partial charge on any atom is -0.0988 e. The second-order valence-electron chi connectivity index (χ2n) is 4.82. The van der Waals surface area contributed by atoms with Crippen LogP contribution in [-0.4, -0.2) is 0 Å². The van der Waals surface area contributed by atoms with E-state index in [9.17, 15) is 0 Å². The molecule has 1 unspecified atom stereocenters. The fourth-order valence-corrected chi connectivity index (χ4v) is 1.46. The minimum absolute atomic E-state index is 0.823. The second-order valence-corrected chi connectivity index (χ2v) is 4.82. The zero-order chi connectivity index (χ0) is 11.0. The lowest BCUT2D eigenvalue weighted by Gasteiger charge is -2.10. The highest BCUT2D eigenvalue weighted by molar-refractivity contribution is 5.12. The molecule has 0 aliphatic carbocycles. The van der Waals surface area contributed by atoms with Crippen LogP contribution in [0.15, 0.2) is 24.3 Å². The van der Waals surface area contributed by atoms with Gasteiger partial charge >= 0.3 is 0 Å². The Morgan fingerprint density at radius 2 is 1.86 bits per heavy atom. The van der Waals surface area contributed by atoms with Crippen molar-refractivity contribution in [3.63, 3.8) is 0 Å². The summed E-state index contributed by atoms with van der Waals surface area (Å²) in [5.74, 6) is 1.68. The van der Waals surface area contributed by atoms with Gasteiger partial charge in [0.25, 0.3) is 0 Å². The average Bonchev–Trinajstić information content (AvgIpc) is 2.13. The predicted molar refractivity (Wildman–Crippen MR) is 66.4 cm³/mol. The molecule has 0 aromatic heterocycles. The summed E-state index contributed by atoms with van der Waals surface area (Å²) in [6.07, 6.45) is 9.54. The van der Waals surface area contributed by atoms with Gasteiger partial charge in [0, 0.05) is 0 Å². The van der Waals surface area contributed by atoms with Crippen molar-refractivity contribution >= 4 is 0 Å². The summed E-state index contributed by atoms with van der Waals surface area (Å²) in [6, 6.07) is 0. The maximum atomic E-state index is 3.76. The molecule has 0 rings (SSSR count). The molecule has 0 fully saturated rings. The molecule has 0 aromatic carbocycles. The van der Waals surface area contributed by atoms with E-state index in [1.807, 2.05) is 6.08 Å². The third-order valence-corrected chi connectivity index (χ3v) is 2.64. The van der Waals surface area contributed by atoms with Crippen molar-refractivity contribution in [1.82, 2.24) is 0 Å². The van der Waals surface area contributed by atoms with Gasteiger partial charge in [0.05, 0.1) is 0 Å². The Morgan fingerprint density at radius 1 is 1.21 bits per heavy atom. The largest absolute Gasteiger partial charge is 0.0988 e. The first-order valence-corrected chi connectivity index (χ1v) is 5.85. The summed E-state index contributed by atoms with van der Waals surface area (Å²) in [7, 11) is 0. The van der Waals surface area contributed by atoms with E-state index in [0.717, 1.165) is 11.8 Å². The van der Waals surface area contributed by atoms with Crippen LogP contribution in [0.4, 0.5) is 0 Å². The fourth-order valence-electron chi connectivity index (χ4n) is 1.46. The van der Waals surface area contributed by atoms with Gasteiger partial charge in [-0.3, -0.25) is 0 Å². The second kappa shape index (κ2) is 7.84. The highest BCUT2D eigenvalue weighted by atomic mass is 14.1. The molecular formula is C14H26. The first-order chi connectivity index (χ1) is 6.56. The molecule has 0 N–H and O–H groups in total. The van der Waals surface area contributed by atoms with Gasteiger partial charge in [-0.1, -0.05) is 64.3 Å². The van der Waals surface area contributed by atoms with Crippen LogP contribution in [-0.2, 0) is 0 Å². The maximum Gasteiger partial charge on any atom is -0.0319 e. The van der Waals surface area contributed by atoms with Crippen LogP contribution >= 0.6 is 0 Å². The third kappa shape index (κ3) is 8.10. The Hall–Kier alpha value is -0.520. The molecule has 0 heteroatoms. The van der Waals surface area contributed by atoms with E-state index < -0.39 is 0 Å². The van der Waals surface area contributed by atoms with Crippen molar-refractivity contribution in [2.75, 3.05) is 0 Å². The van der Waals surface area contributed by atoms with Gasteiger partial charge in [0.15, 0.2) is 0 Å². The SMILES string of the molecule is C=C/C(C)=C\CC(C)CCCC(C)C. The molecule has 0 aromatic rings. The Morgan fingerprint density at radius 3 is 2.36 bits per heavy atom. The molecule has 1 atom stereocenters. The first kappa shape index (κ1) is 13.5. The van der Waals surface area contributed by atoms with Gasteiger partial charge in [-0.2, -0.15) is 0 Å². The van der Waals surface area contributed by atoms with E-state index in [1.54, 1.807) is 0 Å². The Balaban J connectivity index is 3.55. The van der Waals surface area contributed by atoms with Gasteiger partial charge in [0.1, 0.15) is 0 Å². The van der Waals surface area contributed by atoms with Gasteiger partial charge < -0.3 is 0 Å². The van der Waals surface area contributed by atoms with Gasteiger partial charge in [-0.15, -0.1) is 0 Å². The van der Waals surface area contributed by atoms with Crippen LogP contribution in [0.1, 0.15) is 53.4 Å². The lowest BCUT2D eigenvalue weighted by atomic mass is 9.96. The van der Waals surface area contributed by atoms with Crippen molar-refractivity contribution in [2.24, 2.45) is 11.8 Å². The quantitative estimate of drug-likeness (QED) is 0.502. The zero-order valence-electron chi connectivity index (χ0n) is 10.3. The summed E-state index contributed by atoms with van der Waals surface area (Å²) in [5.41, 5.74) is 1.31. The first-order valence-electron chi connectivity index (χ1n) is 5.85. The Bertz CT molecular complexity index is 174. The van der Waals surface area contributed by atoms with E-state index in [2.05, 4.69) is 40.3 Å². The Kier molecular flexibility index (Phi) is 7.55. The van der Waals surface area contributed by atoms with Crippen LogP contribution < -0.4 is 0 Å². The Labute approximate surface area is 90.1 Å². The maximum absolute atomic E-state index is 3.76. The molecule has 0 aliphatic rings. The summed E-state index contributed by atoms with van der Waals surface area (Å²) in [4.78, 5) is 0. The highest BCUT2D eigenvalue weighted by Crippen LogP contribution is 2.16. The third-order valence-electron chi connectivity index (χ3n) is 2.64. The fraction of sp³-hybridized carbons (Fsp3) is 0.714. The number of allylic oxidation sites excluding steroid dienone is 3. The van der Waals surface area contributed by atoms with Crippen molar-refractivity contribution in [1.29, 1.82) is 0 Å². The monoisotopic (exact) mass is 194 g/mol. The molecule has 14 heavy (non-hydrogen) atoms. The number of hydrogen-bond acceptors (Lipinski definition) is 0. The van der Waals surface area contributed by atoms with Crippen LogP contribution in [0.2, 0.25) is 0 Å². The smallest absolute Gasteiger partial charge is 0.0319 e. The van der Waals surface area contributed by atoms with Crippen molar-refractivity contribution < 1.29 is 0 Å². The lowest BCUT2D eigenvalue weighted by Crippen LogP contribution is -1.95. The predicted octanol–water partition coefficient (Wildman–Crippen LogP) is 4.97. The average molecular weight is 194 g/mol. The molecule has 82 valence electrons. The molecule has 0 radical (unpaired) electrons. The molecular weight excluding hydrogens is 168 g/mol. The molecule has 0 saturated heterocycles. The van der Waals surface area contributed by atoms with Crippen molar-refractivity contribution in [3.05, 3.63) is 24.3 Å². The minimum atomic E-state index is 0.823. The normalized spacial score (nSPS) is 14.5. The summed E-state index contributed by atoms with van der Waals surface area (Å²) in [6.45, 7) is 12.8. The summed E-state index contributed by atoms with van der Waals surface area (Å²) >= 11 is 0. The van der Waals surface area contributed by atoms with Crippen LogP contribution in [0.5, 0.6) is 0 Å². The summed E-state index contributed by atoms with van der Waals surface area (Å²) in [5, 5.41) is 0. The van der Waals surface area contributed by atoms with E-state index >= 15 is 0 Å². The van der Waals surface area contributed by atoms with Crippen LogP contribution in [0.25, 0.3) is 0 Å². The number of hydrogen-bond donors (Lipinski definition) is 0. The molecule has 0 spiro atoms.